The van der Waals surface area contributed by atoms with Gasteiger partial charge < -0.3 is 24.4 Å². The molecule has 2 aromatic heterocycles. The number of nitrogens with one attached hydrogen (secondary N) is 1. The van der Waals surface area contributed by atoms with Gasteiger partial charge >= 0.3 is 5.97 Å². The molecule has 33 heavy (non-hydrogen) atoms. The quantitative estimate of drug-likeness (QED) is 0.606. The second-order valence-corrected chi connectivity index (χ2v) is 8.73. The normalized spacial score (nSPS) is 20.4. The van der Waals surface area contributed by atoms with Gasteiger partial charge in [-0.05, 0) is 56.3 Å². The lowest BCUT2D eigenvalue weighted by molar-refractivity contribution is 0.0600. The Morgan fingerprint density at radius 3 is 2.42 bits per heavy atom. The zero-order chi connectivity index (χ0) is 22.9. The summed E-state index contributed by atoms with van der Waals surface area (Å²) in [6.45, 7) is 3.45. The van der Waals surface area contributed by atoms with E-state index in [0.29, 0.717) is 23.2 Å². The van der Waals surface area contributed by atoms with Crippen LogP contribution in [0, 0.1) is 11.3 Å². The number of pyridine rings is 1. The number of rotatable bonds is 5. The van der Waals surface area contributed by atoms with E-state index in [1.807, 2.05) is 49.6 Å². The van der Waals surface area contributed by atoms with E-state index in [4.69, 9.17) is 9.72 Å². The van der Waals surface area contributed by atoms with Crippen LogP contribution in [0.1, 0.15) is 34.8 Å². The molecule has 3 heterocycles. The number of methoxy groups -OCH3 is 1. The fourth-order valence-electron chi connectivity index (χ4n) is 4.83. The molecule has 2 aliphatic rings. The highest BCUT2D eigenvalue weighted by Gasteiger charge is 2.31. The van der Waals surface area contributed by atoms with Crippen LogP contribution in [0.25, 0.3) is 11.0 Å². The van der Waals surface area contributed by atoms with Crippen LogP contribution in [0.4, 0.5) is 11.5 Å². The summed E-state index contributed by atoms with van der Waals surface area (Å²) in [5.41, 5.74) is 3.26. The van der Waals surface area contributed by atoms with Gasteiger partial charge in [0.15, 0.2) is 0 Å². The summed E-state index contributed by atoms with van der Waals surface area (Å²) in [6, 6.07) is 14.9. The summed E-state index contributed by atoms with van der Waals surface area (Å²) in [5.74, 6) is 0.636. The average Bonchev–Trinajstić information content (AvgIpc) is 3.21. The van der Waals surface area contributed by atoms with Crippen molar-refractivity contribution in [1.82, 2.24) is 14.9 Å². The molecule has 3 aromatic rings. The van der Waals surface area contributed by atoms with E-state index in [-0.39, 0.29) is 5.97 Å². The van der Waals surface area contributed by atoms with Gasteiger partial charge in [0.2, 0.25) is 0 Å². The first-order valence-electron chi connectivity index (χ1n) is 11.4. The maximum atomic E-state index is 11.7. The molecule has 0 unspecified atom stereocenters. The predicted octanol–water partition coefficient (Wildman–Crippen LogP) is 2.94. The van der Waals surface area contributed by atoms with Crippen LogP contribution in [0.5, 0.6) is 0 Å². The molecule has 170 valence electrons. The third-order valence-electron chi connectivity index (χ3n) is 6.96. The molecule has 0 radical (unpaired) electrons. The Labute approximate surface area is 193 Å². The van der Waals surface area contributed by atoms with E-state index in [2.05, 4.69) is 25.8 Å². The van der Waals surface area contributed by atoms with Gasteiger partial charge in [-0.1, -0.05) is 0 Å². The second-order valence-electron chi connectivity index (χ2n) is 8.73. The molecule has 1 saturated carbocycles. The first-order valence-corrected chi connectivity index (χ1v) is 11.4. The Kier molecular flexibility index (Phi) is 5.65. The first-order chi connectivity index (χ1) is 16.1. The number of piperazine rings is 1. The molecule has 1 aromatic carbocycles. The largest absolute Gasteiger partial charge is 0.465 e. The van der Waals surface area contributed by atoms with Crippen LogP contribution in [0.2, 0.25) is 0 Å². The number of carbonyl (C=O) groups excluding carboxylic acids is 1. The molecule has 0 bridgehead atoms. The van der Waals surface area contributed by atoms with Crippen molar-refractivity contribution in [2.75, 3.05) is 50.1 Å². The number of aromatic nitrogens is 2. The number of ether oxygens (including phenoxy) is 1. The number of benzene rings is 1. The van der Waals surface area contributed by atoms with E-state index < -0.39 is 0 Å². The number of nitriles is 1. The fraction of sp³-hybridized carbons (Fsp3) is 0.400. The van der Waals surface area contributed by atoms with Crippen LogP contribution in [-0.4, -0.2) is 61.9 Å². The topological polar surface area (TPSA) is 86.4 Å². The lowest BCUT2D eigenvalue weighted by atomic mass is 9.87. The molecule has 0 spiro atoms. The van der Waals surface area contributed by atoms with Crippen LogP contribution in [-0.2, 0) is 4.74 Å². The van der Waals surface area contributed by atoms with Gasteiger partial charge in [-0.25, -0.2) is 9.78 Å². The number of hydrogen-bond donors (Lipinski definition) is 1. The molecule has 5 rings (SSSR count). The average molecular weight is 445 g/mol. The van der Waals surface area contributed by atoms with Crippen LogP contribution in [0.3, 0.4) is 0 Å². The number of carbonyl (C=O) groups is 1. The smallest absolute Gasteiger partial charge is 0.337 e. The van der Waals surface area contributed by atoms with E-state index in [9.17, 15) is 10.1 Å². The first kappa shape index (κ1) is 21.3. The van der Waals surface area contributed by atoms with Crippen molar-refractivity contribution in [2.24, 2.45) is 0 Å². The Hall–Kier alpha value is -3.57. The molecular formula is C25H28N6O2. The third kappa shape index (κ3) is 3.89. The Morgan fingerprint density at radius 1 is 1.09 bits per heavy atom. The van der Waals surface area contributed by atoms with Gasteiger partial charge in [-0.2, -0.15) is 5.26 Å². The van der Waals surface area contributed by atoms with E-state index >= 15 is 0 Å². The molecule has 0 amide bonds. The standard InChI is InChI=1S/C25H28N6O2/c1-27-19-13-21(14-19)31-16-18(15-26)22-7-8-23(28-24(22)31)30-11-9-29(10-12-30)20-5-3-17(4-6-20)25(32)33-2/h3-8,16,19,21,27H,9-14H2,1-2H3. The summed E-state index contributed by atoms with van der Waals surface area (Å²) in [5, 5.41) is 13.8. The molecule has 1 aliphatic heterocycles. The van der Waals surface area contributed by atoms with Gasteiger partial charge in [0.25, 0.3) is 0 Å². The Morgan fingerprint density at radius 2 is 1.79 bits per heavy atom. The van der Waals surface area contributed by atoms with E-state index in [1.165, 1.54) is 7.11 Å². The highest BCUT2D eigenvalue weighted by atomic mass is 16.5. The molecular weight excluding hydrogens is 416 g/mol. The number of fused-ring (bicyclic) bond motifs is 1. The van der Waals surface area contributed by atoms with Crippen molar-refractivity contribution in [1.29, 1.82) is 5.26 Å². The Bertz CT molecular complexity index is 1200. The van der Waals surface area contributed by atoms with Crippen molar-refractivity contribution in [3.8, 4) is 6.07 Å². The molecule has 1 saturated heterocycles. The molecule has 2 fully saturated rings. The van der Waals surface area contributed by atoms with Gasteiger partial charge in [0.05, 0.1) is 18.2 Å². The summed E-state index contributed by atoms with van der Waals surface area (Å²) >= 11 is 0. The molecule has 8 heteroatoms. The summed E-state index contributed by atoms with van der Waals surface area (Å²) in [4.78, 5) is 21.3. The SMILES string of the molecule is CNC1CC(n2cc(C#N)c3ccc(N4CCN(c5ccc(C(=O)OC)cc5)CC4)nc32)C1. The van der Waals surface area contributed by atoms with Crippen LogP contribution >= 0.6 is 0 Å². The van der Waals surface area contributed by atoms with Crippen molar-refractivity contribution >= 4 is 28.5 Å². The van der Waals surface area contributed by atoms with Crippen molar-refractivity contribution in [2.45, 2.75) is 24.9 Å². The third-order valence-corrected chi connectivity index (χ3v) is 6.96. The van der Waals surface area contributed by atoms with Gasteiger partial charge in [-0.3, -0.25) is 0 Å². The van der Waals surface area contributed by atoms with Crippen LogP contribution < -0.4 is 15.1 Å². The zero-order valence-electron chi connectivity index (χ0n) is 19.0. The summed E-state index contributed by atoms with van der Waals surface area (Å²) in [6.07, 6.45) is 4.09. The maximum absolute atomic E-state index is 11.7. The van der Waals surface area contributed by atoms with Crippen molar-refractivity contribution in [3.05, 3.63) is 53.7 Å². The predicted molar refractivity (Wildman–Crippen MR) is 128 cm³/mol. The molecule has 1 N–H and O–H groups in total. The summed E-state index contributed by atoms with van der Waals surface area (Å²) < 4.78 is 6.98. The fourth-order valence-corrected chi connectivity index (χ4v) is 4.83. The highest BCUT2D eigenvalue weighted by Crippen LogP contribution is 2.36. The minimum atomic E-state index is -0.319. The van der Waals surface area contributed by atoms with E-state index in [0.717, 1.165) is 61.6 Å². The maximum Gasteiger partial charge on any atom is 0.337 e. The van der Waals surface area contributed by atoms with Crippen molar-refractivity contribution in [3.63, 3.8) is 0 Å². The minimum Gasteiger partial charge on any atom is -0.465 e. The highest BCUT2D eigenvalue weighted by molar-refractivity contribution is 5.89. The van der Waals surface area contributed by atoms with Crippen molar-refractivity contribution < 1.29 is 9.53 Å². The lowest BCUT2D eigenvalue weighted by Crippen LogP contribution is -2.46. The van der Waals surface area contributed by atoms with E-state index in [1.54, 1.807) is 0 Å². The lowest BCUT2D eigenvalue weighted by Gasteiger charge is -2.37. The monoisotopic (exact) mass is 444 g/mol. The zero-order valence-corrected chi connectivity index (χ0v) is 19.0. The Balaban J connectivity index is 1.31. The number of nitrogens with zero attached hydrogens (tertiary/aromatic N) is 5. The van der Waals surface area contributed by atoms with Crippen LogP contribution in [0.15, 0.2) is 42.6 Å². The van der Waals surface area contributed by atoms with Gasteiger partial charge in [-0.15, -0.1) is 0 Å². The second kappa shape index (κ2) is 8.75. The summed E-state index contributed by atoms with van der Waals surface area (Å²) in [7, 11) is 3.39. The number of anilines is 2. The minimum absolute atomic E-state index is 0.319. The molecule has 1 aliphatic carbocycles. The van der Waals surface area contributed by atoms with Gasteiger partial charge in [0.1, 0.15) is 17.5 Å². The number of hydrogen-bond acceptors (Lipinski definition) is 7. The van der Waals surface area contributed by atoms with Gasteiger partial charge in [0, 0.05) is 55.5 Å². The molecule has 8 nitrogen and oxygen atoms in total. The molecule has 0 atom stereocenters. The number of esters is 1.